The van der Waals surface area contributed by atoms with Crippen LogP contribution in [0.2, 0.25) is 0 Å². The second-order valence-electron chi connectivity index (χ2n) is 12.4. The highest BCUT2D eigenvalue weighted by Gasteiger charge is 2.28. The number of nitrogens with one attached hydrogen (secondary N) is 2. The normalized spacial score (nSPS) is 19.9. The van der Waals surface area contributed by atoms with Gasteiger partial charge in [0.05, 0.1) is 50.7 Å². The summed E-state index contributed by atoms with van der Waals surface area (Å²) in [5.41, 5.74) is 12.5. The summed E-state index contributed by atoms with van der Waals surface area (Å²) in [6.45, 7) is 7.28. The van der Waals surface area contributed by atoms with Crippen LogP contribution in [0.25, 0.3) is 22.3 Å². The molecule has 4 heterocycles. The van der Waals surface area contributed by atoms with Crippen molar-refractivity contribution in [1.82, 2.24) is 10.3 Å². The monoisotopic (exact) mass is 700 g/mol. The Morgan fingerprint density at radius 3 is 1.65 bits per heavy atom. The Bertz CT molecular complexity index is 2000. The number of aryl methyl sites for hydroxylation is 4. The number of nitrogen functional groups attached to an aromatic ring is 1. The Labute approximate surface area is 279 Å². The summed E-state index contributed by atoms with van der Waals surface area (Å²) in [4.78, 5) is 11.0. The van der Waals surface area contributed by atoms with E-state index in [9.17, 15) is 26.9 Å². The molecular formula is C32H40N6O8S2. The van der Waals surface area contributed by atoms with E-state index in [2.05, 4.69) is 20.9 Å². The average Bonchev–Trinajstić information content (AvgIpc) is 3.52. The van der Waals surface area contributed by atoms with Crippen LogP contribution in [0.5, 0.6) is 0 Å². The van der Waals surface area contributed by atoms with Crippen LogP contribution >= 0.6 is 0 Å². The van der Waals surface area contributed by atoms with Gasteiger partial charge in [-0.05, 0) is 82.7 Å². The maximum Gasteiger partial charge on any atom is 0.292 e. The van der Waals surface area contributed by atoms with Gasteiger partial charge in [-0.3, -0.25) is 10.1 Å². The molecule has 4 N–H and O–H groups in total. The fraction of sp³-hybridized carbons (Fsp3) is 0.438. The first-order chi connectivity index (χ1) is 22.6. The molecule has 0 bridgehead atoms. The van der Waals surface area contributed by atoms with Crippen LogP contribution in [-0.4, -0.2) is 67.2 Å². The molecule has 258 valence electrons. The Hall–Kier alpha value is -4.44. The van der Waals surface area contributed by atoms with E-state index in [1.54, 1.807) is 26.0 Å². The number of aromatic nitrogens is 2. The Balaban J connectivity index is 0.000000188. The van der Waals surface area contributed by atoms with E-state index in [-0.39, 0.29) is 40.8 Å². The summed E-state index contributed by atoms with van der Waals surface area (Å²) in [5, 5.41) is 25.6. The third-order valence-corrected chi connectivity index (χ3v) is 12.2. The van der Waals surface area contributed by atoms with Gasteiger partial charge in [0, 0.05) is 29.3 Å². The minimum Gasteiger partial charge on any atom is -0.397 e. The molecule has 0 aliphatic carbocycles. The molecule has 2 aliphatic heterocycles. The van der Waals surface area contributed by atoms with E-state index < -0.39 is 24.6 Å². The summed E-state index contributed by atoms with van der Waals surface area (Å²) in [7, 11) is -6.04. The van der Waals surface area contributed by atoms with Gasteiger partial charge >= 0.3 is 0 Å². The molecule has 6 rings (SSSR count). The fourth-order valence-electron chi connectivity index (χ4n) is 6.31. The molecule has 0 spiro atoms. The molecule has 2 aromatic carbocycles. The Morgan fingerprint density at radius 1 is 0.771 bits per heavy atom. The van der Waals surface area contributed by atoms with Crippen molar-refractivity contribution in [3.63, 3.8) is 0 Å². The number of benzene rings is 2. The standard InChI is InChI=1S/C16H19N3O5S.C16H21N3O3S/c1-10-16(11(2)24-18-10)12-5-6-14(15(8-12)19(20)21)17-13-4-3-7-25(22,23)9-13;1-10-16(11(2)22-19-10)12-5-6-15(14(17)8-12)18-13-4-3-7-23(20,21)9-13/h5-6,8,13,17H,3-4,7,9H2,1-2H3;5-6,8,13,18H,3-4,7,9,17H2,1-2H3. The van der Waals surface area contributed by atoms with Crippen LogP contribution in [0.4, 0.5) is 22.7 Å². The van der Waals surface area contributed by atoms with E-state index in [0.717, 1.165) is 40.3 Å². The van der Waals surface area contributed by atoms with Crippen molar-refractivity contribution in [2.75, 3.05) is 39.4 Å². The number of hydrogen-bond donors (Lipinski definition) is 3. The molecular weight excluding hydrogens is 661 g/mol. The minimum atomic E-state index is -3.09. The predicted molar refractivity (Wildman–Crippen MR) is 184 cm³/mol. The van der Waals surface area contributed by atoms with Crippen LogP contribution in [0.15, 0.2) is 45.4 Å². The van der Waals surface area contributed by atoms with Crippen molar-refractivity contribution >= 4 is 42.4 Å². The van der Waals surface area contributed by atoms with Crippen molar-refractivity contribution in [2.45, 2.75) is 65.5 Å². The zero-order valence-corrected chi connectivity index (χ0v) is 28.9. The van der Waals surface area contributed by atoms with Gasteiger partial charge in [-0.2, -0.15) is 0 Å². The van der Waals surface area contributed by atoms with Crippen LogP contribution < -0.4 is 16.4 Å². The maximum absolute atomic E-state index is 11.8. The lowest BCUT2D eigenvalue weighted by molar-refractivity contribution is -0.383. The Kier molecular flexibility index (Phi) is 10.1. The third-order valence-electron chi connectivity index (χ3n) is 8.54. The smallest absolute Gasteiger partial charge is 0.292 e. The minimum absolute atomic E-state index is 0.00419. The first kappa shape index (κ1) is 34.9. The summed E-state index contributed by atoms with van der Waals surface area (Å²) >= 11 is 0. The molecule has 2 saturated heterocycles. The largest absolute Gasteiger partial charge is 0.397 e. The molecule has 2 atom stereocenters. The van der Waals surface area contributed by atoms with Gasteiger partial charge in [0.2, 0.25) is 0 Å². The summed E-state index contributed by atoms with van der Waals surface area (Å²) in [5.74, 6) is 1.96. The number of nitrogens with two attached hydrogens (primary N) is 1. The lowest BCUT2D eigenvalue weighted by Gasteiger charge is -2.24. The number of nitro groups is 1. The van der Waals surface area contributed by atoms with Gasteiger partial charge in [-0.15, -0.1) is 0 Å². The van der Waals surface area contributed by atoms with Crippen LogP contribution in [0, 0.1) is 37.8 Å². The first-order valence-corrected chi connectivity index (χ1v) is 19.2. The van der Waals surface area contributed by atoms with E-state index in [0.29, 0.717) is 47.7 Å². The van der Waals surface area contributed by atoms with E-state index in [4.69, 9.17) is 14.8 Å². The molecule has 0 radical (unpaired) electrons. The lowest BCUT2D eigenvalue weighted by Crippen LogP contribution is -2.35. The molecule has 2 fully saturated rings. The highest BCUT2D eigenvalue weighted by atomic mass is 32.2. The van der Waals surface area contributed by atoms with Crippen LogP contribution in [0.1, 0.15) is 48.6 Å². The van der Waals surface area contributed by atoms with Crippen molar-refractivity contribution in [2.24, 2.45) is 0 Å². The highest BCUT2D eigenvalue weighted by molar-refractivity contribution is 7.91. The van der Waals surface area contributed by atoms with E-state index >= 15 is 0 Å². The molecule has 2 aromatic heterocycles. The summed E-state index contributed by atoms with van der Waals surface area (Å²) in [6, 6.07) is 10.1. The number of sulfone groups is 2. The fourth-order valence-corrected chi connectivity index (χ4v) is 9.59. The van der Waals surface area contributed by atoms with Gasteiger partial charge < -0.3 is 25.4 Å². The number of hydrogen-bond acceptors (Lipinski definition) is 13. The number of nitro benzene ring substituents is 1. The van der Waals surface area contributed by atoms with Gasteiger partial charge in [0.15, 0.2) is 19.7 Å². The molecule has 48 heavy (non-hydrogen) atoms. The van der Waals surface area contributed by atoms with Crippen LogP contribution in [0.3, 0.4) is 0 Å². The van der Waals surface area contributed by atoms with E-state index in [1.807, 2.05) is 32.0 Å². The van der Waals surface area contributed by atoms with Gasteiger partial charge in [-0.1, -0.05) is 22.4 Å². The molecule has 16 heteroatoms. The summed E-state index contributed by atoms with van der Waals surface area (Å²) < 4.78 is 57.3. The van der Waals surface area contributed by atoms with Gasteiger partial charge in [-0.25, -0.2) is 16.8 Å². The quantitative estimate of drug-likeness (QED) is 0.126. The van der Waals surface area contributed by atoms with Gasteiger partial charge in [0.25, 0.3) is 5.69 Å². The first-order valence-electron chi connectivity index (χ1n) is 15.6. The highest BCUT2D eigenvalue weighted by Crippen LogP contribution is 2.35. The Morgan fingerprint density at radius 2 is 1.23 bits per heavy atom. The zero-order valence-electron chi connectivity index (χ0n) is 27.3. The van der Waals surface area contributed by atoms with Crippen molar-refractivity contribution < 1.29 is 30.8 Å². The zero-order chi connectivity index (χ0) is 34.8. The number of anilines is 3. The van der Waals surface area contributed by atoms with E-state index in [1.165, 1.54) is 6.07 Å². The SMILES string of the molecule is Cc1noc(C)c1-c1ccc(NC2CCCS(=O)(=O)C2)c(N)c1.Cc1noc(C)c1-c1ccc(NC2CCCS(=O)(=O)C2)c([N+](=O)[O-])c1. The van der Waals surface area contributed by atoms with Crippen molar-refractivity contribution in [1.29, 1.82) is 0 Å². The molecule has 2 aliphatic rings. The number of rotatable bonds is 7. The maximum atomic E-state index is 11.8. The number of nitrogens with zero attached hydrogens (tertiary/aromatic N) is 3. The predicted octanol–water partition coefficient (Wildman–Crippen LogP) is 5.39. The summed E-state index contributed by atoms with van der Waals surface area (Å²) in [6.07, 6.45) is 2.76. The molecule has 14 nitrogen and oxygen atoms in total. The van der Waals surface area contributed by atoms with Crippen LogP contribution in [-0.2, 0) is 19.7 Å². The second-order valence-corrected chi connectivity index (χ2v) is 16.8. The third kappa shape index (κ3) is 8.16. The molecule has 2 unspecified atom stereocenters. The lowest BCUT2D eigenvalue weighted by atomic mass is 10.0. The topological polar surface area (TPSA) is 214 Å². The molecule has 0 saturated carbocycles. The van der Waals surface area contributed by atoms with Crippen molar-refractivity contribution in [3.05, 3.63) is 69.4 Å². The average molecular weight is 701 g/mol. The van der Waals surface area contributed by atoms with Gasteiger partial charge in [0.1, 0.15) is 17.2 Å². The molecule has 4 aromatic rings. The second kappa shape index (κ2) is 14.0. The molecule has 0 amide bonds. The van der Waals surface area contributed by atoms with Crippen molar-refractivity contribution in [3.8, 4) is 22.3 Å².